The van der Waals surface area contributed by atoms with Gasteiger partial charge in [-0.15, -0.1) is 0 Å². The van der Waals surface area contributed by atoms with Crippen LogP contribution in [0, 0.1) is 5.41 Å². The van der Waals surface area contributed by atoms with Gasteiger partial charge in [0.15, 0.2) is 5.96 Å². The molecule has 0 aromatic heterocycles. The van der Waals surface area contributed by atoms with E-state index in [0.717, 1.165) is 57.9 Å². The molecule has 172 valence electrons. The van der Waals surface area contributed by atoms with E-state index in [1.165, 1.54) is 11.1 Å². The summed E-state index contributed by atoms with van der Waals surface area (Å²) >= 11 is 0. The van der Waals surface area contributed by atoms with Gasteiger partial charge in [-0.2, -0.15) is 0 Å². The standard InChI is InChI=1S/C24H39N5O2/c1-19-16-29(12-13-31-19)17-21-9-7-8-20(14-21)15-26-23(25-2)27-18-24(10-5-6-11-24)22(30)28(3)4/h7-9,14,19H,5-6,10-13,15-18H2,1-4H3,(H2,25,26,27). The van der Waals surface area contributed by atoms with Crippen molar-refractivity contribution >= 4 is 11.9 Å². The molecule has 2 N–H and O–H groups in total. The largest absolute Gasteiger partial charge is 0.376 e. The number of morpholine rings is 1. The van der Waals surface area contributed by atoms with Gasteiger partial charge in [0.2, 0.25) is 5.91 Å². The first-order valence-corrected chi connectivity index (χ1v) is 11.5. The lowest BCUT2D eigenvalue weighted by molar-refractivity contribution is -0.138. The van der Waals surface area contributed by atoms with Crippen molar-refractivity contribution in [3.8, 4) is 0 Å². The van der Waals surface area contributed by atoms with Crippen molar-refractivity contribution in [1.82, 2.24) is 20.4 Å². The van der Waals surface area contributed by atoms with Crippen molar-refractivity contribution in [2.45, 2.75) is 51.8 Å². The summed E-state index contributed by atoms with van der Waals surface area (Å²) in [6.45, 7) is 7.17. The summed E-state index contributed by atoms with van der Waals surface area (Å²) in [5, 5.41) is 6.83. The Morgan fingerprint density at radius 1 is 1.26 bits per heavy atom. The SMILES string of the molecule is CN=C(NCc1cccc(CN2CCOC(C)C2)c1)NCC1(C(=O)N(C)C)CCCC1. The number of amides is 1. The minimum Gasteiger partial charge on any atom is -0.376 e. The molecule has 1 atom stereocenters. The van der Waals surface area contributed by atoms with Crippen LogP contribution in [-0.2, 0) is 22.6 Å². The van der Waals surface area contributed by atoms with Crippen LogP contribution in [0.1, 0.15) is 43.7 Å². The highest BCUT2D eigenvalue weighted by molar-refractivity contribution is 5.85. The van der Waals surface area contributed by atoms with E-state index < -0.39 is 0 Å². The second-order valence-corrected chi connectivity index (χ2v) is 9.20. The molecule has 1 heterocycles. The minimum atomic E-state index is -0.309. The Morgan fingerprint density at radius 3 is 2.68 bits per heavy atom. The normalized spacial score (nSPS) is 21.7. The molecule has 7 nitrogen and oxygen atoms in total. The molecule has 3 rings (SSSR count). The van der Waals surface area contributed by atoms with Crippen LogP contribution in [0.3, 0.4) is 0 Å². The Morgan fingerprint density at radius 2 is 2.00 bits per heavy atom. The van der Waals surface area contributed by atoms with Crippen molar-refractivity contribution in [2.24, 2.45) is 10.4 Å². The Labute approximate surface area is 187 Å². The second kappa shape index (κ2) is 11.0. The molecule has 1 aromatic carbocycles. The molecule has 1 saturated heterocycles. The smallest absolute Gasteiger partial charge is 0.230 e. The number of benzene rings is 1. The first-order valence-electron chi connectivity index (χ1n) is 11.5. The summed E-state index contributed by atoms with van der Waals surface area (Å²) in [6.07, 6.45) is 4.41. The summed E-state index contributed by atoms with van der Waals surface area (Å²) in [5.74, 6) is 0.961. The minimum absolute atomic E-state index is 0.220. The maximum Gasteiger partial charge on any atom is 0.230 e. The lowest BCUT2D eigenvalue weighted by atomic mass is 9.84. The molecule has 7 heteroatoms. The van der Waals surface area contributed by atoms with Gasteiger partial charge in [-0.1, -0.05) is 37.1 Å². The first-order chi connectivity index (χ1) is 14.9. The van der Waals surface area contributed by atoms with Gasteiger partial charge in [-0.25, -0.2) is 0 Å². The summed E-state index contributed by atoms with van der Waals surface area (Å²) in [4.78, 5) is 21.3. The number of nitrogens with zero attached hydrogens (tertiary/aromatic N) is 3. The predicted molar refractivity (Wildman–Crippen MR) is 125 cm³/mol. The maximum absolute atomic E-state index is 12.8. The third-order valence-corrected chi connectivity index (χ3v) is 6.42. The van der Waals surface area contributed by atoms with E-state index in [4.69, 9.17) is 4.74 Å². The molecule has 1 aliphatic carbocycles. The van der Waals surface area contributed by atoms with Crippen LogP contribution in [0.5, 0.6) is 0 Å². The van der Waals surface area contributed by atoms with E-state index >= 15 is 0 Å². The molecular formula is C24H39N5O2. The number of hydrogen-bond donors (Lipinski definition) is 2. The van der Waals surface area contributed by atoms with Crippen LogP contribution in [0.4, 0.5) is 0 Å². The van der Waals surface area contributed by atoms with Crippen LogP contribution < -0.4 is 10.6 Å². The zero-order valence-corrected chi connectivity index (χ0v) is 19.6. The number of guanidine groups is 1. The van der Waals surface area contributed by atoms with Gasteiger partial charge in [0, 0.05) is 53.9 Å². The van der Waals surface area contributed by atoms with Gasteiger partial charge < -0.3 is 20.3 Å². The fraction of sp³-hybridized carbons (Fsp3) is 0.667. The average molecular weight is 430 g/mol. The molecule has 1 saturated carbocycles. The Kier molecular flexibility index (Phi) is 8.32. The van der Waals surface area contributed by atoms with Crippen molar-refractivity contribution < 1.29 is 9.53 Å². The average Bonchev–Trinajstić information content (AvgIpc) is 3.23. The van der Waals surface area contributed by atoms with E-state index in [-0.39, 0.29) is 11.3 Å². The number of carbonyl (C=O) groups is 1. The highest BCUT2D eigenvalue weighted by Crippen LogP contribution is 2.38. The van der Waals surface area contributed by atoms with Crippen molar-refractivity contribution in [3.63, 3.8) is 0 Å². The first kappa shape index (κ1) is 23.5. The number of rotatable bonds is 7. The van der Waals surface area contributed by atoms with Crippen molar-refractivity contribution in [1.29, 1.82) is 0 Å². The summed E-state index contributed by atoms with van der Waals surface area (Å²) in [6, 6.07) is 8.71. The van der Waals surface area contributed by atoms with E-state index in [1.807, 2.05) is 14.1 Å². The molecule has 31 heavy (non-hydrogen) atoms. The van der Waals surface area contributed by atoms with E-state index in [2.05, 4.69) is 51.7 Å². The monoisotopic (exact) mass is 429 g/mol. The van der Waals surface area contributed by atoms with Crippen LogP contribution in [0.25, 0.3) is 0 Å². The Bertz CT molecular complexity index is 758. The van der Waals surface area contributed by atoms with Crippen LogP contribution in [-0.4, -0.2) is 75.2 Å². The zero-order valence-electron chi connectivity index (χ0n) is 19.6. The van der Waals surface area contributed by atoms with Gasteiger partial charge in [0.05, 0.1) is 18.1 Å². The molecule has 1 aromatic rings. The molecule has 1 amide bonds. The van der Waals surface area contributed by atoms with Gasteiger partial charge in [-0.05, 0) is 30.9 Å². The van der Waals surface area contributed by atoms with Crippen LogP contribution >= 0.6 is 0 Å². The number of ether oxygens (including phenoxy) is 1. The van der Waals surface area contributed by atoms with Crippen LogP contribution in [0.15, 0.2) is 29.3 Å². The quantitative estimate of drug-likeness (QED) is 0.514. The van der Waals surface area contributed by atoms with Gasteiger partial charge in [0.1, 0.15) is 0 Å². The van der Waals surface area contributed by atoms with Gasteiger partial charge in [0.25, 0.3) is 0 Å². The van der Waals surface area contributed by atoms with Gasteiger partial charge >= 0.3 is 0 Å². The van der Waals surface area contributed by atoms with E-state index in [0.29, 0.717) is 19.2 Å². The molecule has 1 unspecified atom stereocenters. The molecule has 2 fully saturated rings. The summed E-state index contributed by atoms with van der Waals surface area (Å²) < 4.78 is 5.65. The number of hydrogen-bond acceptors (Lipinski definition) is 4. The fourth-order valence-corrected chi connectivity index (χ4v) is 4.78. The van der Waals surface area contributed by atoms with Crippen LogP contribution in [0.2, 0.25) is 0 Å². The Balaban J connectivity index is 1.53. The maximum atomic E-state index is 12.8. The lowest BCUT2D eigenvalue weighted by Crippen LogP contribution is -2.49. The molecule has 2 aliphatic rings. The van der Waals surface area contributed by atoms with E-state index in [1.54, 1.807) is 11.9 Å². The summed E-state index contributed by atoms with van der Waals surface area (Å²) in [5.41, 5.74) is 2.23. The molecule has 0 spiro atoms. The number of nitrogens with one attached hydrogen (secondary N) is 2. The molecule has 1 aliphatic heterocycles. The third kappa shape index (κ3) is 6.43. The topological polar surface area (TPSA) is 69.2 Å². The molecular weight excluding hydrogens is 390 g/mol. The van der Waals surface area contributed by atoms with E-state index in [9.17, 15) is 4.79 Å². The zero-order chi connectivity index (χ0) is 22.3. The molecule has 0 bridgehead atoms. The number of carbonyl (C=O) groups excluding carboxylic acids is 1. The third-order valence-electron chi connectivity index (χ3n) is 6.42. The number of aliphatic imine (C=N–C) groups is 1. The molecule has 0 radical (unpaired) electrons. The highest BCUT2D eigenvalue weighted by atomic mass is 16.5. The second-order valence-electron chi connectivity index (χ2n) is 9.20. The van der Waals surface area contributed by atoms with Crippen molar-refractivity contribution in [2.75, 3.05) is 47.4 Å². The lowest BCUT2D eigenvalue weighted by Gasteiger charge is -2.31. The summed E-state index contributed by atoms with van der Waals surface area (Å²) in [7, 11) is 5.47. The van der Waals surface area contributed by atoms with Gasteiger partial charge in [-0.3, -0.25) is 14.7 Å². The van der Waals surface area contributed by atoms with Crippen molar-refractivity contribution in [3.05, 3.63) is 35.4 Å². The highest BCUT2D eigenvalue weighted by Gasteiger charge is 2.42. The fourth-order valence-electron chi connectivity index (χ4n) is 4.78. The Hall–Kier alpha value is -2.12. The predicted octanol–water partition coefficient (Wildman–Crippen LogP) is 2.22.